The minimum Gasteiger partial charge on any atom is -0.465 e. The first-order chi connectivity index (χ1) is 9.43. The zero-order valence-electron chi connectivity index (χ0n) is 12.6. The van der Waals surface area contributed by atoms with Crippen LogP contribution in [0.5, 0.6) is 0 Å². The van der Waals surface area contributed by atoms with Gasteiger partial charge >= 0.3 is 5.97 Å². The average molecular weight is 303 g/mol. The zero-order chi connectivity index (χ0) is 15.2. The highest BCUT2D eigenvalue weighted by Crippen LogP contribution is 2.20. The molecule has 1 saturated heterocycles. The molecule has 1 heterocycles. The van der Waals surface area contributed by atoms with E-state index in [2.05, 4.69) is 0 Å². The third kappa shape index (κ3) is 4.23. The number of carbonyl (C=O) groups excluding carboxylic acids is 1. The molecule has 0 aromatic heterocycles. The van der Waals surface area contributed by atoms with E-state index in [9.17, 15) is 13.2 Å². The van der Waals surface area contributed by atoms with Gasteiger partial charge in [-0.15, -0.1) is 0 Å². The highest BCUT2D eigenvalue weighted by molar-refractivity contribution is 7.96. The normalized spacial score (nSPS) is 18.8. The van der Waals surface area contributed by atoms with E-state index in [4.69, 9.17) is 4.74 Å². The fraction of sp³-hybridized carbons (Fsp3) is 0.786. The Labute approximate surface area is 121 Å². The minimum atomic E-state index is -3.63. The van der Waals surface area contributed by atoms with Crippen molar-refractivity contribution in [2.45, 2.75) is 51.7 Å². The molecule has 6 heteroatoms. The second kappa shape index (κ2) is 7.67. The molecule has 0 aromatic carbocycles. The van der Waals surface area contributed by atoms with Gasteiger partial charge in [-0.3, -0.25) is 4.79 Å². The Bertz CT molecular complexity index is 450. The van der Waals surface area contributed by atoms with E-state index >= 15 is 0 Å². The maximum atomic E-state index is 12.5. The molecule has 5 nitrogen and oxygen atoms in total. The number of hydrogen-bond acceptors (Lipinski definition) is 5. The van der Waals surface area contributed by atoms with Gasteiger partial charge in [-0.25, -0.2) is 8.42 Å². The van der Waals surface area contributed by atoms with Gasteiger partial charge in [0.1, 0.15) is 0 Å². The first kappa shape index (κ1) is 17.0. The molecule has 0 bridgehead atoms. The summed E-state index contributed by atoms with van der Waals surface area (Å²) in [6.45, 7) is 6.81. The Morgan fingerprint density at radius 1 is 1.25 bits per heavy atom. The molecule has 0 saturated carbocycles. The molecule has 1 atom stereocenters. The van der Waals surface area contributed by atoms with Crippen LogP contribution in [-0.4, -0.2) is 44.2 Å². The molecule has 0 N–H and O–H groups in total. The van der Waals surface area contributed by atoms with Crippen LogP contribution in [0.1, 0.15) is 46.5 Å². The Hall–Kier alpha value is -1.04. The van der Waals surface area contributed by atoms with Crippen LogP contribution in [-0.2, 0) is 19.4 Å². The number of carbonyl (C=O) groups is 1. The molecule has 0 aromatic rings. The number of allylic oxidation sites excluding steroid dienone is 1. The summed E-state index contributed by atoms with van der Waals surface area (Å²) in [4.78, 5) is 14.0. The first-order valence-corrected chi connectivity index (χ1v) is 8.83. The lowest BCUT2D eigenvalue weighted by Gasteiger charge is -2.26. The van der Waals surface area contributed by atoms with Gasteiger partial charge in [-0.05, 0) is 39.5 Å². The van der Waals surface area contributed by atoms with E-state index in [0.29, 0.717) is 11.3 Å². The van der Waals surface area contributed by atoms with Gasteiger partial charge in [-0.2, -0.15) is 0 Å². The molecule has 0 amide bonds. The van der Waals surface area contributed by atoms with Crippen LogP contribution in [0, 0.1) is 0 Å². The van der Waals surface area contributed by atoms with Crippen LogP contribution < -0.4 is 0 Å². The molecule has 0 aliphatic carbocycles. The van der Waals surface area contributed by atoms with Crippen molar-refractivity contribution in [3.63, 3.8) is 0 Å². The van der Waals surface area contributed by atoms with Crippen LogP contribution in [0.25, 0.3) is 0 Å². The summed E-state index contributed by atoms with van der Waals surface area (Å²) in [5.74, 6) is -0.675. The van der Waals surface area contributed by atoms with Crippen LogP contribution >= 0.6 is 0 Å². The molecular formula is C14H25NO4S. The lowest BCUT2D eigenvalue weighted by atomic mass is 10.1. The Kier molecular flexibility index (Phi) is 6.52. The van der Waals surface area contributed by atoms with E-state index in [-0.39, 0.29) is 6.61 Å². The van der Waals surface area contributed by atoms with E-state index in [1.54, 1.807) is 20.0 Å². The first-order valence-electron chi connectivity index (χ1n) is 7.28. The van der Waals surface area contributed by atoms with Crippen molar-refractivity contribution in [2.75, 3.05) is 19.7 Å². The number of hydrogen-bond donors (Lipinski definition) is 0. The largest absolute Gasteiger partial charge is 0.465 e. The molecule has 20 heavy (non-hydrogen) atoms. The molecule has 1 aliphatic heterocycles. The number of nitrogens with zero attached hydrogens (tertiary/aromatic N) is 1. The molecule has 1 rings (SSSR count). The molecule has 0 unspecified atom stereocenters. The molecule has 1 aliphatic rings. The van der Waals surface area contributed by atoms with Crippen molar-refractivity contribution in [3.05, 3.63) is 11.1 Å². The van der Waals surface area contributed by atoms with Crippen molar-refractivity contribution in [2.24, 2.45) is 0 Å². The number of esters is 1. The third-order valence-electron chi connectivity index (χ3n) is 3.52. The van der Waals surface area contributed by atoms with Gasteiger partial charge in [0.2, 0.25) is 0 Å². The molecule has 0 spiro atoms. The van der Waals surface area contributed by atoms with Gasteiger partial charge in [0.25, 0.3) is 0 Å². The third-order valence-corrected chi connectivity index (χ3v) is 5.76. The lowest BCUT2D eigenvalue weighted by Crippen LogP contribution is -2.32. The van der Waals surface area contributed by atoms with E-state index in [1.165, 1.54) is 13.3 Å². The van der Waals surface area contributed by atoms with Gasteiger partial charge in [0.05, 0.1) is 11.5 Å². The van der Waals surface area contributed by atoms with Crippen LogP contribution in [0.15, 0.2) is 11.1 Å². The summed E-state index contributed by atoms with van der Waals surface area (Å²) < 4.78 is 29.7. The van der Waals surface area contributed by atoms with Gasteiger partial charge < -0.3 is 9.64 Å². The van der Waals surface area contributed by atoms with Gasteiger partial charge in [0.15, 0.2) is 15.1 Å². The minimum absolute atomic E-state index is 0.190. The highest BCUT2D eigenvalue weighted by Gasteiger charge is 2.32. The number of likely N-dealkylation sites (tertiary alicyclic amines) is 1. The Morgan fingerprint density at radius 3 is 2.35 bits per heavy atom. The summed E-state index contributed by atoms with van der Waals surface area (Å²) in [6.07, 6.45) is 5.46. The van der Waals surface area contributed by atoms with E-state index < -0.39 is 21.1 Å². The highest BCUT2D eigenvalue weighted by atomic mass is 32.2. The van der Waals surface area contributed by atoms with E-state index in [0.717, 1.165) is 25.9 Å². The summed E-state index contributed by atoms with van der Waals surface area (Å²) in [7, 11) is -3.63. The number of ether oxygens (including phenoxy) is 1. The fourth-order valence-electron chi connectivity index (χ4n) is 2.23. The maximum Gasteiger partial charge on any atom is 0.324 e. The van der Waals surface area contributed by atoms with Crippen molar-refractivity contribution in [1.82, 2.24) is 4.90 Å². The summed E-state index contributed by atoms with van der Waals surface area (Å²) in [6, 6.07) is 0. The van der Waals surface area contributed by atoms with Crippen LogP contribution in [0.2, 0.25) is 0 Å². The van der Waals surface area contributed by atoms with E-state index in [1.807, 2.05) is 4.90 Å². The van der Waals surface area contributed by atoms with Crippen LogP contribution in [0.3, 0.4) is 0 Å². The Morgan fingerprint density at radius 2 is 1.85 bits per heavy atom. The van der Waals surface area contributed by atoms with Crippen molar-refractivity contribution < 1.29 is 17.9 Å². The average Bonchev–Trinajstić information content (AvgIpc) is 2.45. The van der Waals surface area contributed by atoms with Crippen molar-refractivity contribution in [3.8, 4) is 0 Å². The molecule has 1 fully saturated rings. The molecular weight excluding hydrogens is 278 g/mol. The maximum absolute atomic E-state index is 12.5. The lowest BCUT2D eigenvalue weighted by molar-refractivity contribution is -0.142. The Balaban J connectivity index is 2.90. The summed E-state index contributed by atoms with van der Waals surface area (Å²) in [5.41, 5.74) is 0. The predicted octanol–water partition coefficient (Wildman–Crippen LogP) is 2.09. The smallest absolute Gasteiger partial charge is 0.324 e. The van der Waals surface area contributed by atoms with Gasteiger partial charge in [0, 0.05) is 19.3 Å². The fourth-order valence-corrected chi connectivity index (χ4v) is 3.70. The van der Waals surface area contributed by atoms with Crippen molar-refractivity contribution >= 4 is 15.8 Å². The summed E-state index contributed by atoms with van der Waals surface area (Å²) in [5, 5.41) is -1.14. The quantitative estimate of drug-likeness (QED) is 0.703. The topological polar surface area (TPSA) is 63.7 Å². The van der Waals surface area contributed by atoms with Crippen molar-refractivity contribution in [1.29, 1.82) is 0 Å². The second-order valence-electron chi connectivity index (χ2n) is 4.98. The summed E-state index contributed by atoms with van der Waals surface area (Å²) >= 11 is 0. The monoisotopic (exact) mass is 303 g/mol. The standard InChI is InChI=1S/C14H25NO4S/c1-4-13(11-15-9-7-6-8-10-15)20(17,18)12(3)14(16)19-5-2/h11-12H,4-10H2,1-3H3/b13-11+/t12-/m0/s1. The zero-order valence-corrected chi connectivity index (χ0v) is 13.4. The predicted molar refractivity (Wildman–Crippen MR) is 78.8 cm³/mol. The number of rotatable bonds is 6. The number of piperidine rings is 1. The number of sulfone groups is 1. The van der Waals surface area contributed by atoms with Crippen LogP contribution in [0.4, 0.5) is 0 Å². The molecule has 116 valence electrons. The second-order valence-corrected chi connectivity index (χ2v) is 7.31. The van der Waals surface area contributed by atoms with Gasteiger partial charge in [-0.1, -0.05) is 6.92 Å². The SMILES string of the molecule is CCOC(=O)[C@H](C)S(=O)(=O)/C(=C/N1CCCCC1)CC. The molecule has 0 radical (unpaired) electrons.